The summed E-state index contributed by atoms with van der Waals surface area (Å²) in [5.41, 5.74) is 6.82. The zero-order chi connectivity index (χ0) is 86.7. The van der Waals surface area contributed by atoms with Crippen molar-refractivity contribution < 1.29 is 72.3 Å². The standard InChI is InChI=1S/C50H66N4O8.C49H63N5O7/c1-3-4-29-54-48(59)45(46(57)40-10-6-5-7-11-40)52-49(60)50(54)26-30-53(31-27-50)35-39-17-22-43(23-18-39)62-44-24-19-41(20-25-44)47(58)51-28-33-61-32-8-9-37-12-14-38(15-13-37)16-21-42(56)34-36(2)55;1-3-4-28-54-48(59)44(45(56)38-10-6-5-7-11-38)51-35(2)49(54)25-30-52(31-26-49)34-37-14-20-41(21-15-37)61-42-22-18-39(19-23-42)46(57)50-27-33-60-32-8-9-36-12-16-40(17-13-36)47(58)53-29-24-43(53)55/h12-15,17-20,22-25,40,45-46,57H,3-11,16,21,26-35H2,1-2H3,(H,51,58)(H,52,60);12-23,38,44-45,51,56H,2-11,24-34H2,1H3,(H,50,57)/t45-,46+;44-,45+/m00/s1. The Balaban J connectivity index is 0.000000225. The predicted molar refractivity (Wildman–Crippen MR) is 472 cm³/mol. The molecule has 6 N–H and O–H groups in total. The number of imide groups is 1. The minimum atomic E-state index is -0.879. The largest absolute Gasteiger partial charge is 0.457 e. The number of piperidine rings is 2. The van der Waals surface area contributed by atoms with Gasteiger partial charge in [-0.25, -0.2) is 0 Å². The van der Waals surface area contributed by atoms with Crippen molar-refractivity contribution in [3.05, 3.63) is 202 Å². The monoisotopic (exact) mass is 1680 g/mol. The van der Waals surface area contributed by atoms with E-state index in [0.29, 0.717) is 151 Å². The van der Waals surface area contributed by atoms with Crippen molar-refractivity contribution in [1.82, 2.24) is 45.8 Å². The molecule has 0 unspecified atom stereocenters. The smallest absolute Gasteiger partial charge is 0.260 e. The van der Waals surface area contributed by atoms with Gasteiger partial charge in [0.25, 0.3) is 17.7 Å². The van der Waals surface area contributed by atoms with E-state index in [4.69, 9.17) is 18.9 Å². The van der Waals surface area contributed by atoms with Gasteiger partial charge >= 0.3 is 0 Å². The van der Waals surface area contributed by atoms with Gasteiger partial charge in [-0.3, -0.25) is 57.9 Å². The van der Waals surface area contributed by atoms with Crippen LogP contribution in [0.1, 0.15) is 227 Å². The lowest BCUT2D eigenvalue weighted by atomic mass is 9.76. The first-order chi connectivity index (χ1) is 59.7. The number of β-lactam (4-membered cyclic amide) rings is 1. The highest BCUT2D eigenvalue weighted by Gasteiger charge is 2.56. The number of Topliss-reactive ketones (excluding diaryl/α,β-unsaturated/α-hetero) is 2. The van der Waals surface area contributed by atoms with Gasteiger partial charge in [-0.15, -0.1) is 0 Å². The van der Waals surface area contributed by atoms with E-state index in [1.54, 1.807) is 60.7 Å². The fourth-order valence-electron chi connectivity index (χ4n) is 18.4. The Morgan fingerprint density at radius 1 is 0.480 bits per heavy atom. The minimum absolute atomic E-state index is 0.0115. The predicted octanol–water partition coefficient (Wildman–Crippen LogP) is 13.4. The molecule has 6 aromatic rings. The number of likely N-dealkylation sites (tertiary alicyclic amines) is 3. The molecule has 2 saturated carbocycles. The quantitative estimate of drug-likeness (QED) is 0.00901. The number of nitrogens with zero attached hydrogens (tertiary/aromatic N) is 5. The van der Waals surface area contributed by atoms with Crippen LogP contribution in [-0.2, 0) is 70.6 Å². The number of aliphatic hydroxyl groups excluding tert-OH is 2. The fraction of sp³-hybridized carbons (Fsp3) is 0.525. The molecule has 7 aliphatic rings. The number of aryl methyl sites for hydroxylation is 3. The third-order valence-corrected chi connectivity index (χ3v) is 25.9. The van der Waals surface area contributed by atoms with Crippen LogP contribution in [0.5, 0.6) is 23.0 Å². The average Bonchev–Trinajstić information content (AvgIpc) is 0.745. The molecule has 5 aliphatic heterocycles. The van der Waals surface area contributed by atoms with Crippen molar-refractivity contribution in [2.45, 2.75) is 236 Å². The van der Waals surface area contributed by atoms with Gasteiger partial charge in [0.1, 0.15) is 52.2 Å². The van der Waals surface area contributed by atoms with Crippen LogP contribution < -0.4 is 30.7 Å². The lowest BCUT2D eigenvalue weighted by Crippen LogP contribution is -2.75. The summed E-state index contributed by atoms with van der Waals surface area (Å²) in [6.45, 7) is 19.2. The second-order valence-electron chi connectivity index (χ2n) is 34.6. The molecule has 7 fully saturated rings. The van der Waals surface area contributed by atoms with Crippen LogP contribution in [0.3, 0.4) is 0 Å². The maximum Gasteiger partial charge on any atom is 0.260 e. The number of carbonyl (C=O) groups excluding carboxylic acids is 9. The molecular formula is C99H129N9O15. The molecule has 2 spiro atoms. The maximum atomic E-state index is 14.1. The summed E-state index contributed by atoms with van der Waals surface area (Å²) in [6, 6.07) is 44.2. The summed E-state index contributed by atoms with van der Waals surface area (Å²) in [6.07, 6.45) is 20.1. The molecule has 13 rings (SSSR count). The number of ether oxygens (including phenoxy) is 4. The Bertz CT molecular complexity index is 4480. The number of rotatable bonds is 40. The summed E-state index contributed by atoms with van der Waals surface area (Å²) in [7, 11) is 0. The van der Waals surface area contributed by atoms with E-state index in [-0.39, 0.29) is 71.2 Å². The second kappa shape index (κ2) is 45.6. The van der Waals surface area contributed by atoms with Crippen molar-refractivity contribution in [3.8, 4) is 23.0 Å². The highest BCUT2D eigenvalue weighted by Crippen LogP contribution is 2.42. The van der Waals surface area contributed by atoms with E-state index >= 15 is 0 Å². The first kappa shape index (κ1) is 92.2. The molecule has 0 bridgehead atoms. The molecule has 5 saturated heterocycles. The molecule has 0 aromatic heterocycles. The molecule has 6 aromatic carbocycles. The summed E-state index contributed by atoms with van der Waals surface area (Å²) in [4.78, 5) is 124. The van der Waals surface area contributed by atoms with Crippen LogP contribution in [0.4, 0.5) is 0 Å². The highest BCUT2D eigenvalue weighted by molar-refractivity contribution is 6.07. The van der Waals surface area contributed by atoms with Gasteiger partial charge in [-0.1, -0.05) is 132 Å². The maximum absolute atomic E-state index is 14.1. The van der Waals surface area contributed by atoms with Crippen molar-refractivity contribution in [3.63, 3.8) is 0 Å². The van der Waals surface area contributed by atoms with E-state index in [1.165, 1.54) is 29.4 Å². The number of piperazine rings is 2. The molecule has 660 valence electrons. The topological polar surface area (TPSA) is 295 Å². The number of amides is 7. The zero-order valence-corrected chi connectivity index (χ0v) is 72.5. The SMILES string of the molecule is C=C1N[C@@H]([C@H](O)C2CCCCC2)C(=O)N(CCCC)C12CCN(Cc1ccc(Oc3ccc(C(=O)NCCOCCCc4ccc(C(=O)N5CCC5=O)cc4)cc3)cc1)CC2.CCCCN1C(=O)[C@H]([C@H](O)C2CCCCC2)NC(=O)C12CCN(Cc1ccc(Oc3ccc(C(=O)NCCOCCCc4ccc(CCC(=O)CC(C)=O)cc4)cc3)cc1)CC2. The van der Waals surface area contributed by atoms with Gasteiger partial charge in [0, 0.05) is 120 Å². The van der Waals surface area contributed by atoms with Crippen LogP contribution in [-0.4, -0.2) is 208 Å². The molecule has 7 amide bonds. The number of ketones is 2. The summed E-state index contributed by atoms with van der Waals surface area (Å²) in [5.74, 6) is 1.82. The minimum Gasteiger partial charge on any atom is -0.457 e. The summed E-state index contributed by atoms with van der Waals surface area (Å²) in [5, 5.41) is 34.9. The van der Waals surface area contributed by atoms with Crippen LogP contribution >= 0.6 is 0 Å². The fourth-order valence-corrected chi connectivity index (χ4v) is 18.4. The first-order valence-electron chi connectivity index (χ1n) is 45.4. The summed E-state index contributed by atoms with van der Waals surface area (Å²) >= 11 is 0. The van der Waals surface area contributed by atoms with Gasteiger partial charge < -0.3 is 60.2 Å². The first-order valence-corrected chi connectivity index (χ1v) is 45.4. The van der Waals surface area contributed by atoms with Crippen molar-refractivity contribution in [2.24, 2.45) is 11.8 Å². The molecule has 24 nitrogen and oxygen atoms in total. The third-order valence-electron chi connectivity index (χ3n) is 25.9. The molecule has 0 radical (unpaired) electrons. The van der Waals surface area contributed by atoms with Crippen molar-refractivity contribution in [1.29, 1.82) is 0 Å². The number of unbranched alkanes of at least 4 members (excludes halogenated alkanes) is 2. The van der Waals surface area contributed by atoms with Crippen LogP contribution in [0.15, 0.2) is 158 Å². The molecule has 24 heteroatoms. The number of hydrogen-bond donors (Lipinski definition) is 6. The number of benzene rings is 6. The van der Waals surface area contributed by atoms with E-state index in [2.05, 4.69) is 80.7 Å². The number of carbonyl (C=O) groups is 9. The lowest BCUT2D eigenvalue weighted by molar-refractivity contribution is -0.166. The Morgan fingerprint density at radius 3 is 1.28 bits per heavy atom. The van der Waals surface area contributed by atoms with Crippen molar-refractivity contribution >= 4 is 52.9 Å². The Kier molecular flexibility index (Phi) is 34.2. The van der Waals surface area contributed by atoms with Gasteiger partial charge in [0.15, 0.2) is 0 Å². The molecule has 4 atom stereocenters. The Labute approximate surface area is 725 Å². The lowest BCUT2D eigenvalue weighted by Gasteiger charge is -2.55. The Morgan fingerprint density at radius 2 is 0.870 bits per heavy atom. The Hall–Kier alpha value is -9.95. The second-order valence-corrected chi connectivity index (χ2v) is 34.6. The highest BCUT2D eigenvalue weighted by atomic mass is 16.5. The summed E-state index contributed by atoms with van der Waals surface area (Å²) < 4.78 is 23.6. The van der Waals surface area contributed by atoms with Gasteiger partial charge in [-0.2, -0.15) is 0 Å². The van der Waals surface area contributed by atoms with Gasteiger partial charge in [0.2, 0.25) is 23.6 Å². The van der Waals surface area contributed by atoms with Crippen LogP contribution in [0, 0.1) is 11.8 Å². The molecule has 5 heterocycles. The van der Waals surface area contributed by atoms with Gasteiger partial charge in [-0.05, 0) is 228 Å². The number of nitrogens with one attached hydrogen (secondary N) is 4. The van der Waals surface area contributed by atoms with Crippen molar-refractivity contribution in [2.75, 3.05) is 85.3 Å². The third kappa shape index (κ3) is 25.2. The molecule has 2 aliphatic carbocycles. The van der Waals surface area contributed by atoms with E-state index in [0.717, 1.165) is 164 Å². The average molecular weight is 1690 g/mol. The molecule has 123 heavy (non-hydrogen) atoms. The van der Waals surface area contributed by atoms with E-state index in [9.17, 15) is 53.4 Å². The van der Waals surface area contributed by atoms with Crippen LogP contribution in [0.25, 0.3) is 0 Å². The molecular weight excluding hydrogens is 1560 g/mol. The van der Waals surface area contributed by atoms with Crippen LogP contribution in [0.2, 0.25) is 0 Å². The normalized spacial score (nSPS) is 19.3. The number of hydrogen-bond acceptors (Lipinski definition) is 18. The number of aliphatic hydroxyl groups is 2. The van der Waals surface area contributed by atoms with E-state index < -0.39 is 35.4 Å². The van der Waals surface area contributed by atoms with Gasteiger partial charge in [0.05, 0.1) is 37.4 Å². The zero-order valence-electron chi connectivity index (χ0n) is 72.5. The van der Waals surface area contributed by atoms with E-state index in [1.807, 2.05) is 65.6 Å².